The maximum atomic E-state index is 5.82. The van der Waals surface area contributed by atoms with Gasteiger partial charge in [-0.3, -0.25) is 0 Å². The van der Waals surface area contributed by atoms with Crippen LogP contribution in [0.1, 0.15) is 60.7 Å². The average molecular weight is 224 g/mol. The van der Waals surface area contributed by atoms with Crippen LogP contribution in [0.4, 0.5) is 5.82 Å². The van der Waals surface area contributed by atoms with Crippen LogP contribution in [-0.2, 0) is 0 Å². The molecule has 0 unspecified atom stereocenters. The Morgan fingerprint density at radius 1 is 1.13 bits per heavy atom. The Balaban J connectivity index is 2.06. The second-order valence-electron chi connectivity index (χ2n) is 4.54. The van der Waals surface area contributed by atoms with Crippen molar-refractivity contribution in [3.63, 3.8) is 0 Å². The van der Waals surface area contributed by atoms with Gasteiger partial charge in [-0.25, -0.2) is 4.98 Å². The van der Waals surface area contributed by atoms with E-state index in [-0.39, 0.29) is 0 Å². The molecule has 0 bridgehead atoms. The largest absolute Gasteiger partial charge is 0.383 e. The number of hydrogen-bond acceptors (Lipinski definition) is 3. The molecule has 15 heavy (non-hydrogen) atoms. The van der Waals surface area contributed by atoms with E-state index in [1.807, 2.05) is 0 Å². The molecule has 1 aliphatic carbocycles. The van der Waals surface area contributed by atoms with Gasteiger partial charge >= 0.3 is 0 Å². The maximum Gasteiger partial charge on any atom is 0.137 e. The van der Waals surface area contributed by atoms with E-state index in [1.165, 1.54) is 54.8 Å². The van der Waals surface area contributed by atoms with Crippen molar-refractivity contribution in [1.29, 1.82) is 0 Å². The zero-order valence-electron chi connectivity index (χ0n) is 9.46. The van der Waals surface area contributed by atoms with Gasteiger partial charge in [0.15, 0.2) is 0 Å². The predicted octanol–water partition coefficient (Wildman–Crippen LogP) is 3.86. The summed E-state index contributed by atoms with van der Waals surface area (Å²) in [6.45, 7) is 2.07. The summed E-state index contributed by atoms with van der Waals surface area (Å²) in [5, 5.41) is 1.28. The summed E-state index contributed by atoms with van der Waals surface area (Å²) in [6, 6.07) is 0. The quantitative estimate of drug-likeness (QED) is 0.786. The summed E-state index contributed by atoms with van der Waals surface area (Å²) in [4.78, 5) is 5.69. The lowest BCUT2D eigenvalue weighted by Gasteiger charge is -2.17. The van der Waals surface area contributed by atoms with Gasteiger partial charge < -0.3 is 5.73 Å². The highest BCUT2D eigenvalue weighted by molar-refractivity contribution is 7.12. The lowest BCUT2D eigenvalue weighted by molar-refractivity contribution is 0.455. The highest BCUT2D eigenvalue weighted by Gasteiger charge is 2.17. The molecule has 2 rings (SSSR count). The fraction of sp³-hybridized carbons (Fsp3) is 0.750. The van der Waals surface area contributed by atoms with Crippen molar-refractivity contribution in [1.82, 2.24) is 4.98 Å². The van der Waals surface area contributed by atoms with Gasteiger partial charge in [0.2, 0.25) is 0 Å². The minimum atomic E-state index is 0.686. The Bertz CT molecular complexity index is 292. The third-order valence-electron chi connectivity index (χ3n) is 3.30. The van der Waals surface area contributed by atoms with Crippen LogP contribution in [0.25, 0.3) is 0 Å². The van der Waals surface area contributed by atoms with Crippen LogP contribution >= 0.6 is 11.3 Å². The monoisotopic (exact) mass is 224 g/mol. The Morgan fingerprint density at radius 2 is 1.73 bits per heavy atom. The first-order chi connectivity index (χ1) is 7.27. The van der Waals surface area contributed by atoms with Crippen LogP contribution in [0, 0.1) is 6.92 Å². The van der Waals surface area contributed by atoms with Gasteiger partial charge in [0.05, 0.1) is 5.01 Å². The standard InChI is InChI=1S/C12H20N2S/c1-9-11(13)14-12(15-9)10-7-5-3-2-4-6-8-10/h10H,2-8,13H2,1H3. The lowest BCUT2D eigenvalue weighted by Crippen LogP contribution is -2.02. The maximum absolute atomic E-state index is 5.82. The number of nitrogens with zero attached hydrogens (tertiary/aromatic N) is 1. The molecule has 1 aliphatic rings. The molecule has 0 spiro atoms. The summed E-state index contributed by atoms with van der Waals surface area (Å²) < 4.78 is 0. The molecule has 2 N–H and O–H groups in total. The van der Waals surface area contributed by atoms with Crippen LogP contribution < -0.4 is 5.73 Å². The van der Waals surface area contributed by atoms with Gasteiger partial charge in [-0.15, -0.1) is 11.3 Å². The Kier molecular flexibility index (Phi) is 3.62. The molecule has 1 aromatic rings. The highest BCUT2D eigenvalue weighted by atomic mass is 32.1. The number of aromatic nitrogens is 1. The zero-order valence-corrected chi connectivity index (χ0v) is 10.3. The molecule has 1 heterocycles. The van der Waals surface area contributed by atoms with Crippen molar-refractivity contribution in [3.05, 3.63) is 9.88 Å². The smallest absolute Gasteiger partial charge is 0.137 e. The third-order valence-corrected chi connectivity index (χ3v) is 4.45. The van der Waals surface area contributed by atoms with Crippen LogP contribution in [0.15, 0.2) is 0 Å². The Hall–Kier alpha value is -0.570. The lowest BCUT2D eigenvalue weighted by atomic mass is 9.92. The molecule has 3 heteroatoms. The number of anilines is 1. The van der Waals surface area contributed by atoms with Gasteiger partial charge in [-0.1, -0.05) is 32.1 Å². The molecule has 0 radical (unpaired) electrons. The van der Waals surface area contributed by atoms with Gasteiger partial charge in [0.25, 0.3) is 0 Å². The van der Waals surface area contributed by atoms with Gasteiger partial charge in [0, 0.05) is 10.8 Å². The third kappa shape index (κ3) is 2.71. The van der Waals surface area contributed by atoms with E-state index in [1.54, 1.807) is 11.3 Å². The summed E-state index contributed by atoms with van der Waals surface area (Å²) in [5.41, 5.74) is 5.82. The van der Waals surface area contributed by atoms with Crippen LogP contribution in [0.3, 0.4) is 0 Å². The van der Waals surface area contributed by atoms with Crippen molar-refractivity contribution in [2.45, 2.75) is 57.8 Å². The van der Waals surface area contributed by atoms with E-state index in [2.05, 4.69) is 11.9 Å². The van der Waals surface area contributed by atoms with Crippen molar-refractivity contribution in [3.8, 4) is 0 Å². The van der Waals surface area contributed by atoms with Crippen molar-refractivity contribution < 1.29 is 0 Å². The molecule has 1 fully saturated rings. The van der Waals surface area contributed by atoms with E-state index in [4.69, 9.17) is 5.73 Å². The molecule has 1 saturated carbocycles. The number of hydrogen-bond donors (Lipinski definition) is 1. The zero-order chi connectivity index (χ0) is 10.7. The van der Waals surface area contributed by atoms with E-state index in [0.717, 1.165) is 5.82 Å². The topological polar surface area (TPSA) is 38.9 Å². The molecule has 1 aromatic heterocycles. The molecular formula is C12H20N2S. The molecule has 84 valence electrons. The molecule has 0 aliphatic heterocycles. The van der Waals surface area contributed by atoms with Crippen molar-refractivity contribution in [2.24, 2.45) is 0 Å². The molecular weight excluding hydrogens is 204 g/mol. The molecule has 0 amide bonds. The van der Waals surface area contributed by atoms with Gasteiger partial charge in [-0.05, 0) is 19.8 Å². The highest BCUT2D eigenvalue weighted by Crippen LogP contribution is 2.34. The number of nitrogen functional groups attached to an aromatic ring is 1. The summed E-state index contributed by atoms with van der Waals surface area (Å²) >= 11 is 1.80. The fourth-order valence-electron chi connectivity index (χ4n) is 2.31. The van der Waals surface area contributed by atoms with E-state index in [0.29, 0.717) is 5.92 Å². The number of aryl methyl sites for hydroxylation is 1. The summed E-state index contributed by atoms with van der Waals surface area (Å²) in [7, 11) is 0. The first-order valence-electron chi connectivity index (χ1n) is 6.00. The SMILES string of the molecule is Cc1sc(C2CCCCCCC2)nc1N. The van der Waals surface area contributed by atoms with E-state index < -0.39 is 0 Å². The Labute approximate surface area is 95.9 Å². The molecule has 0 atom stereocenters. The fourth-order valence-corrected chi connectivity index (χ4v) is 3.32. The molecule has 0 aromatic carbocycles. The minimum Gasteiger partial charge on any atom is -0.383 e. The van der Waals surface area contributed by atoms with Crippen LogP contribution in [0.2, 0.25) is 0 Å². The first-order valence-corrected chi connectivity index (χ1v) is 6.82. The Morgan fingerprint density at radius 3 is 2.27 bits per heavy atom. The van der Waals surface area contributed by atoms with E-state index in [9.17, 15) is 0 Å². The van der Waals surface area contributed by atoms with Gasteiger partial charge in [0.1, 0.15) is 5.82 Å². The second kappa shape index (κ2) is 4.97. The summed E-state index contributed by atoms with van der Waals surface area (Å²) in [6.07, 6.45) is 9.57. The van der Waals surface area contributed by atoms with Crippen LogP contribution in [0.5, 0.6) is 0 Å². The second-order valence-corrected chi connectivity index (χ2v) is 5.77. The van der Waals surface area contributed by atoms with Crippen molar-refractivity contribution in [2.75, 3.05) is 5.73 Å². The van der Waals surface area contributed by atoms with Crippen molar-refractivity contribution >= 4 is 17.2 Å². The number of thiazole rings is 1. The first kappa shape index (κ1) is 10.9. The van der Waals surface area contributed by atoms with Crippen LogP contribution in [-0.4, -0.2) is 4.98 Å². The number of nitrogens with two attached hydrogens (primary N) is 1. The summed E-state index contributed by atoms with van der Waals surface area (Å²) in [5.74, 6) is 1.43. The normalized spacial score (nSPS) is 19.8. The molecule has 2 nitrogen and oxygen atoms in total. The van der Waals surface area contributed by atoms with Gasteiger partial charge in [-0.2, -0.15) is 0 Å². The van der Waals surface area contributed by atoms with E-state index >= 15 is 0 Å². The number of rotatable bonds is 1. The molecule has 0 saturated heterocycles. The average Bonchev–Trinajstić information content (AvgIpc) is 2.46. The predicted molar refractivity (Wildman–Crippen MR) is 66.3 cm³/mol. The minimum absolute atomic E-state index is 0.686.